The molecule has 2 N–H and O–H groups in total. The van der Waals surface area contributed by atoms with Crippen LogP contribution in [0.5, 0.6) is 5.88 Å². The first-order valence-corrected chi connectivity index (χ1v) is 12.0. The Morgan fingerprint density at radius 3 is 2.52 bits per heavy atom. The summed E-state index contributed by atoms with van der Waals surface area (Å²) < 4.78 is 33.1. The number of carbonyl (C=O) groups excluding carboxylic acids is 1. The van der Waals surface area contributed by atoms with Crippen molar-refractivity contribution in [1.29, 1.82) is 0 Å². The van der Waals surface area contributed by atoms with Crippen molar-refractivity contribution in [3.8, 4) is 5.88 Å². The number of anilines is 2. The number of hydrogen-bond donors (Lipinski definition) is 2. The van der Waals surface area contributed by atoms with E-state index in [0.29, 0.717) is 23.8 Å². The van der Waals surface area contributed by atoms with Gasteiger partial charge in [0, 0.05) is 37.8 Å². The van der Waals surface area contributed by atoms with Gasteiger partial charge >= 0.3 is 0 Å². The van der Waals surface area contributed by atoms with Gasteiger partial charge in [-0.2, -0.15) is 4.98 Å². The molecule has 0 spiro atoms. The fraction of sp³-hybridized carbons (Fsp3) is 0.476. The van der Waals surface area contributed by atoms with Crippen LogP contribution in [-0.4, -0.2) is 50.5 Å². The quantitative estimate of drug-likeness (QED) is 0.568. The monoisotopic (exact) mass is 447 g/mol. The maximum absolute atomic E-state index is 12.5. The SMILES string of the molecule is CCC(=O)Nc1ccc(S(=O)(=O)NCCOc2cc(N3CCCCC3)nc(C)n2)cc1. The van der Waals surface area contributed by atoms with Crippen LogP contribution in [-0.2, 0) is 14.8 Å². The lowest BCUT2D eigenvalue weighted by atomic mass is 10.1. The molecule has 0 bridgehead atoms. The zero-order valence-corrected chi connectivity index (χ0v) is 18.7. The Balaban J connectivity index is 1.52. The molecule has 1 saturated heterocycles. The molecule has 2 aromatic rings. The number of aryl methyl sites for hydroxylation is 1. The molecule has 2 heterocycles. The fourth-order valence-electron chi connectivity index (χ4n) is 3.27. The predicted octanol–water partition coefficient (Wildman–Crippen LogP) is 2.48. The minimum Gasteiger partial charge on any atom is -0.476 e. The van der Waals surface area contributed by atoms with E-state index < -0.39 is 10.0 Å². The maximum Gasteiger partial charge on any atom is 0.240 e. The number of hydrogen-bond acceptors (Lipinski definition) is 7. The lowest BCUT2D eigenvalue weighted by Crippen LogP contribution is -2.30. The normalized spacial score (nSPS) is 14.3. The first kappa shape index (κ1) is 23.0. The molecule has 1 aliphatic rings. The Morgan fingerprint density at radius 1 is 1.13 bits per heavy atom. The van der Waals surface area contributed by atoms with Crippen molar-refractivity contribution in [3.63, 3.8) is 0 Å². The molecular formula is C21H29N5O4S. The Bertz CT molecular complexity index is 989. The van der Waals surface area contributed by atoms with E-state index in [1.807, 2.05) is 6.92 Å². The van der Waals surface area contributed by atoms with Gasteiger partial charge in [-0.05, 0) is 50.5 Å². The molecule has 1 fully saturated rings. The van der Waals surface area contributed by atoms with Gasteiger partial charge in [-0.3, -0.25) is 4.79 Å². The van der Waals surface area contributed by atoms with Crippen LogP contribution in [0.3, 0.4) is 0 Å². The number of benzene rings is 1. The summed E-state index contributed by atoms with van der Waals surface area (Å²) in [5, 5.41) is 2.68. The molecule has 0 unspecified atom stereocenters. The summed E-state index contributed by atoms with van der Waals surface area (Å²) in [6.07, 6.45) is 3.88. The molecule has 3 rings (SSSR count). The summed E-state index contributed by atoms with van der Waals surface area (Å²) >= 11 is 0. The summed E-state index contributed by atoms with van der Waals surface area (Å²) in [7, 11) is -3.68. The Hall–Kier alpha value is -2.72. The van der Waals surface area contributed by atoms with Crippen LogP contribution < -0.4 is 19.7 Å². The summed E-state index contributed by atoms with van der Waals surface area (Å²) in [6, 6.07) is 7.82. The number of nitrogens with zero attached hydrogens (tertiary/aromatic N) is 3. The minimum atomic E-state index is -3.68. The van der Waals surface area contributed by atoms with E-state index in [0.717, 1.165) is 31.7 Å². The number of carbonyl (C=O) groups is 1. The molecular weight excluding hydrogens is 418 g/mol. The van der Waals surface area contributed by atoms with Crippen LogP contribution >= 0.6 is 0 Å². The van der Waals surface area contributed by atoms with E-state index in [1.165, 1.54) is 18.6 Å². The molecule has 10 heteroatoms. The van der Waals surface area contributed by atoms with Gasteiger partial charge in [0.1, 0.15) is 18.2 Å². The van der Waals surface area contributed by atoms with Crippen LogP contribution in [0.4, 0.5) is 11.5 Å². The second-order valence-corrected chi connectivity index (χ2v) is 9.10. The van der Waals surface area contributed by atoms with Crippen LogP contribution in [0.1, 0.15) is 38.4 Å². The molecule has 1 aliphatic heterocycles. The van der Waals surface area contributed by atoms with Gasteiger partial charge in [0.2, 0.25) is 21.8 Å². The van der Waals surface area contributed by atoms with Gasteiger partial charge in [0.25, 0.3) is 0 Å². The maximum atomic E-state index is 12.5. The third kappa shape index (κ3) is 6.63. The van der Waals surface area contributed by atoms with Crippen molar-refractivity contribution in [1.82, 2.24) is 14.7 Å². The molecule has 9 nitrogen and oxygen atoms in total. The van der Waals surface area contributed by atoms with Crippen molar-refractivity contribution in [2.24, 2.45) is 0 Å². The smallest absolute Gasteiger partial charge is 0.240 e. The minimum absolute atomic E-state index is 0.0960. The van der Waals surface area contributed by atoms with Crippen LogP contribution in [0.2, 0.25) is 0 Å². The highest BCUT2D eigenvalue weighted by molar-refractivity contribution is 7.89. The van der Waals surface area contributed by atoms with Crippen molar-refractivity contribution in [2.45, 2.75) is 44.4 Å². The van der Waals surface area contributed by atoms with Crippen molar-refractivity contribution >= 4 is 27.4 Å². The Morgan fingerprint density at radius 2 is 1.84 bits per heavy atom. The molecule has 0 saturated carbocycles. The number of aromatic nitrogens is 2. The van der Waals surface area contributed by atoms with Gasteiger partial charge in [-0.15, -0.1) is 0 Å². The van der Waals surface area contributed by atoms with Gasteiger partial charge < -0.3 is 15.0 Å². The number of ether oxygens (including phenoxy) is 1. The van der Waals surface area contributed by atoms with Crippen molar-refractivity contribution in [2.75, 3.05) is 36.5 Å². The molecule has 1 amide bonds. The zero-order chi connectivity index (χ0) is 22.3. The molecule has 1 aromatic carbocycles. The molecule has 168 valence electrons. The average Bonchev–Trinajstić information content (AvgIpc) is 2.77. The molecule has 1 aromatic heterocycles. The third-order valence-corrected chi connectivity index (χ3v) is 6.37. The van der Waals surface area contributed by atoms with E-state index in [4.69, 9.17) is 4.74 Å². The summed E-state index contributed by atoms with van der Waals surface area (Å²) in [4.78, 5) is 22.5. The topological polar surface area (TPSA) is 114 Å². The van der Waals surface area contributed by atoms with Crippen LogP contribution in [0.15, 0.2) is 35.2 Å². The predicted molar refractivity (Wildman–Crippen MR) is 119 cm³/mol. The van der Waals surface area contributed by atoms with Gasteiger partial charge in [0.15, 0.2) is 0 Å². The number of nitrogens with one attached hydrogen (secondary N) is 2. The number of piperidine rings is 1. The number of amides is 1. The van der Waals surface area contributed by atoms with Gasteiger partial charge in [-0.1, -0.05) is 6.92 Å². The van der Waals surface area contributed by atoms with E-state index >= 15 is 0 Å². The standard InChI is InChI=1S/C21H29N5O4S/c1-3-20(27)25-17-7-9-18(10-8-17)31(28,29)22-11-14-30-21-15-19(23-16(2)24-21)26-12-5-4-6-13-26/h7-10,15,22H,3-6,11-14H2,1-2H3,(H,25,27). The van der Waals surface area contributed by atoms with E-state index in [1.54, 1.807) is 25.1 Å². The van der Waals surface area contributed by atoms with Crippen molar-refractivity contribution in [3.05, 3.63) is 36.2 Å². The fourth-order valence-corrected chi connectivity index (χ4v) is 4.28. The van der Waals surface area contributed by atoms with E-state index in [-0.39, 0.29) is 24.0 Å². The van der Waals surface area contributed by atoms with Gasteiger partial charge in [0.05, 0.1) is 4.90 Å². The molecule has 0 aliphatic carbocycles. The largest absolute Gasteiger partial charge is 0.476 e. The third-order valence-electron chi connectivity index (χ3n) is 4.89. The van der Waals surface area contributed by atoms with E-state index in [9.17, 15) is 13.2 Å². The van der Waals surface area contributed by atoms with Crippen LogP contribution in [0, 0.1) is 6.92 Å². The molecule has 0 radical (unpaired) electrons. The summed E-state index contributed by atoms with van der Waals surface area (Å²) in [6.45, 7) is 5.73. The summed E-state index contributed by atoms with van der Waals surface area (Å²) in [5.41, 5.74) is 0.553. The molecule has 0 atom stereocenters. The Labute approximate surface area is 183 Å². The lowest BCUT2D eigenvalue weighted by Gasteiger charge is -2.28. The second-order valence-electron chi connectivity index (χ2n) is 7.33. The lowest BCUT2D eigenvalue weighted by molar-refractivity contribution is -0.115. The number of rotatable bonds is 9. The zero-order valence-electron chi connectivity index (χ0n) is 17.9. The second kappa shape index (κ2) is 10.5. The highest BCUT2D eigenvalue weighted by Crippen LogP contribution is 2.21. The highest BCUT2D eigenvalue weighted by Gasteiger charge is 2.16. The average molecular weight is 448 g/mol. The van der Waals surface area contributed by atoms with Gasteiger partial charge in [-0.25, -0.2) is 18.1 Å². The first-order valence-electron chi connectivity index (χ1n) is 10.5. The van der Waals surface area contributed by atoms with E-state index in [2.05, 4.69) is 24.9 Å². The molecule has 31 heavy (non-hydrogen) atoms. The van der Waals surface area contributed by atoms with Crippen molar-refractivity contribution < 1.29 is 17.9 Å². The Kier molecular flexibility index (Phi) is 7.80. The number of sulfonamides is 1. The highest BCUT2D eigenvalue weighted by atomic mass is 32.2. The summed E-state index contributed by atoms with van der Waals surface area (Å²) in [5.74, 6) is 1.77. The van der Waals surface area contributed by atoms with Crippen LogP contribution in [0.25, 0.3) is 0 Å². The first-order chi connectivity index (χ1) is 14.9.